The minimum Gasteiger partial charge on any atom is -0.465 e. The number of hydrogen-bond acceptors (Lipinski definition) is 4. The van der Waals surface area contributed by atoms with E-state index in [4.69, 9.17) is 9.15 Å². The van der Waals surface area contributed by atoms with Crippen molar-refractivity contribution in [1.82, 2.24) is 10.2 Å². The summed E-state index contributed by atoms with van der Waals surface area (Å²) in [7, 11) is 0. The highest BCUT2D eigenvalue weighted by Crippen LogP contribution is 2.18. The lowest BCUT2D eigenvalue weighted by Crippen LogP contribution is -2.41. The number of ether oxygens (including phenoxy) is 1. The maximum atomic E-state index is 5.90. The Kier molecular flexibility index (Phi) is 5.64. The van der Waals surface area contributed by atoms with Crippen molar-refractivity contribution < 1.29 is 9.15 Å². The van der Waals surface area contributed by atoms with Gasteiger partial charge in [-0.3, -0.25) is 4.90 Å². The summed E-state index contributed by atoms with van der Waals surface area (Å²) in [6, 6.07) is 2.69. The van der Waals surface area contributed by atoms with Gasteiger partial charge in [-0.2, -0.15) is 0 Å². The highest BCUT2D eigenvalue weighted by molar-refractivity contribution is 5.20. The lowest BCUT2D eigenvalue weighted by atomic mass is 10.2. The molecule has 1 saturated heterocycles. The van der Waals surface area contributed by atoms with Gasteiger partial charge < -0.3 is 14.5 Å². The zero-order valence-corrected chi connectivity index (χ0v) is 13.2. The molecule has 1 aromatic rings. The number of hydrogen-bond donors (Lipinski definition) is 1. The zero-order chi connectivity index (χ0) is 14.5. The van der Waals surface area contributed by atoms with E-state index in [-0.39, 0.29) is 0 Å². The van der Waals surface area contributed by atoms with Crippen LogP contribution in [0.3, 0.4) is 0 Å². The van der Waals surface area contributed by atoms with Crippen LogP contribution >= 0.6 is 0 Å². The Labute approximate surface area is 122 Å². The van der Waals surface area contributed by atoms with Crippen LogP contribution in [0.2, 0.25) is 0 Å². The van der Waals surface area contributed by atoms with Crippen molar-refractivity contribution in [3.05, 3.63) is 23.2 Å². The molecule has 0 amide bonds. The van der Waals surface area contributed by atoms with Gasteiger partial charge in [-0.05, 0) is 19.4 Å². The molecule has 1 unspecified atom stereocenters. The molecule has 0 spiro atoms. The molecule has 1 atom stereocenters. The van der Waals surface area contributed by atoms with E-state index in [0.29, 0.717) is 12.1 Å². The van der Waals surface area contributed by atoms with Gasteiger partial charge in [0.25, 0.3) is 0 Å². The summed E-state index contributed by atoms with van der Waals surface area (Å²) in [5.41, 5.74) is 1.27. The summed E-state index contributed by atoms with van der Waals surface area (Å²) in [6.45, 7) is 13.2. The summed E-state index contributed by atoms with van der Waals surface area (Å²) in [5, 5.41) is 3.44. The van der Waals surface area contributed by atoms with Crippen LogP contribution < -0.4 is 5.32 Å². The summed E-state index contributed by atoms with van der Waals surface area (Å²) < 4.78 is 11.6. The Bertz CT molecular complexity index is 415. The van der Waals surface area contributed by atoms with Crippen molar-refractivity contribution in [3.63, 3.8) is 0 Å². The number of morpholine rings is 1. The fraction of sp³-hybridized carbons (Fsp3) is 0.750. The van der Waals surface area contributed by atoms with Gasteiger partial charge in [0.15, 0.2) is 0 Å². The molecule has 0 aromatic carbocycles. The molecule has 4 heteroatoms. The molecule has 0 radical (unpaired) electrons. The van der Waals surface area contributed by atoms with Gasteiger partial charge in [-0.1, -0.05) is 20.8 Å². The molecular weight excluding hydrogens is 252 g/mol. The SMILES string of the molecule is CCC1CN(Cc2cc(CNC(C)C)c(C)o2)CCO1. The third-order valence-electron chi connectivity index (χ3n) is 3.83. The highest BCUT2D eigenvalue weighted by Gasteiger charge is 2.20. The van der Waals surface area contributed by atoms with Crippen molar-refractivity contribution in [2.45, 2.75) is 59.4 Å². The molecule has 2 rings (SSSR count). The molecule has 4 nitrogen and oxygen atoms in total. The van der Waals surface area contributed by atoms with E-state index in [0.717, 1.165) is 50.7 Å². The minimum atomic E-state index is 0.377. The molecular formula is C16H28N2O2. The van der Waals surface area contributed by atoms with Crippen LogP contribution in [0.5, 0.6) is 0 Å². The molecule has 114 valence electrons. The largest absolute Gasteiger partial charge is 0.465 e. The van der Waals surface area contributed by atoms with Gasteiger partial charge in [0, 0.05) is 31.2 Å². The Balaban J connectivity index is 1.91. The number of nitrogens with zero attached hydrogens (tertiary/aromatic N) is 1. The lowest BCUT2D eigenvalue weighted by Gasteiger charge is -2.31. The van der Waals surface area contributed by atoms with Crippen LogP contribution in [0.15, 0.2) is 10.5 Å². The van der Waals surface area contributed by atoms with Gasteiger partial charge in [0.1, 0.15) is 11.5 Å². The second-order valence-electron chi connectivity index (χ2n) is 5.97. The van der Waals surface area contributed by atoms with Gasteiger partial charge in [-0.25, -0.2) is 0 Å². The van der Waals surface area contributed by atoms with Crippen molar-refractivity contribution in [1.29, 1.82) is 0 Å². The third kappa shape index (κ3) is 4.33. The molecule has 1 aromatic heterocycles. The van der Waals surface area contributed by atoms with E-state index < -0.39 is 0 Å². The van der Waals surface area contributed by atoms with Crippen LogP contribution in [-0.4, -0.2) is 36.7 Å². The van der Waals surface area contributed by atoms with Gasteiger partial charge in [0.2, 0.25) is 0 Å². The lowest BCUT2D eigenvalue weighted by molar-refractivity contribution is -0.0342. The van der Waals surface area contributed by atoms with E-state index in [1.807, 2.05) is 0 Å². The summed E-state index contributed by atoms with van der Waals surface area (Å²) in [5.74, 6) is 2.10. The van der Waals surface area contributed by atoms with E-state index in [2.05, 4.69) is 44.0 Å². The van der Waals surface area contributed by atoms with Crippen LogP contribution in [-0.2, 0) is 17.8 Å². The number of furan rings is 1. The van der Waals surface area contributed by atoms with Crippen LogP contribution in [0.25, 0.3) is 0 Å². The summed E-state index contributed by atoms with van der Waals surface area (Å²) >= 11 is 0. The van der Waals surface area contributed by atoms with Crippen molar-refractivity contribution in [3.8, 4) is 0 Å². The van der Waals surface area contributed by atoms with E-state index >= 15 is 0 Å². The van der Waals surface area contributed by atoms with Crippen LogP contribution in [0.4, 0.5) is 0 Å². The molecule has 0 saturated carbocycles. The minimum absolute atomic E-state index is 0.377. The first-order valence-corrected chi connectivity index (χ1v) is 7.74. The second kappa shape index (κ2) is 7.25. The van der Waals surface area contributed by atoms with Crippen LogP contribution in [0.1, 0.15) is 44.3 Å². The predicted molar refractivity (Wildman–Crippen MR) is 80.7 cm³/mol. The molecule has 0 bridgehead atoms. The van der Waals surface area contributed by atoms with Gasteiger partial charge in [-0.15, -0.1) is 0 Å². The topological polar surface area (TPSA) is 37.6 Å². The van der Waals surface area contributed by atoms with Crippen molar-refractivity contribution in [2.24, 2.45) is 0 Å². The zero-order valence-electron chi connectivity index (χ0n) is 13.2. The monoisotopic (exact) mass is 280 g/mol. The number of aryl methyl sites for hydroxylation is 1. The molecule has 1 N–H and O–H groups in total. The average Bonchev–Trinajstić information content (AvgIpc) is 2.76. The summed E-state index contributed by atoms with van der Waals surface area (Å²) in [6.07, 6.45) is 1.46. The number of rotatable bonds is 6. The smallest absolute Gasteiger partial charge is 0.118 e. The maximum absolute atomic E-state index is 5.90. The molecule has 20 heavy (non-hydrogen) atoms. The Morgan fingerprint density at radius 2 is 2.25 bits per heavy atom. The van der Waals surface area contributed by atoms with Crippen molar-refractivity contribution in [2.75, 3.05) is 19.7 Å². The first-order valence-electron chi connectivity index (χ1n) is 7.74. The summed E-state index contributed by atoms with van der Waals surface area (Å²) in [4.78, 5) is 2.43. The molecule has 2 heterocycles. The average molecular weight is 280 g/mol. The fourth-order valence-corrected chi connectivity index (χ4v) is 2.55. The Morgan fingerprint density at radius 1 is 1.45 bits per heavy atom. The highest BCUT2D eigenvalue weighted by atomic mass is 16.5. The first-order chi connectivity index (χ1) is 9.58. The van der Waals surface area contributed by atoms with Crippen LogP contribution in [0, 0.1) is 6.92 Å². The molecule has 1 aliphatic rings. The Morgan fingerprint density at radius 3 is 2.95 bits per heavy atom. The van der Waals surface area contributed by atoms with E-state index in [9.17, 15) is 0 Å². The second-order valence-corrected chi connectivity index (χ2v) is 5.97. The van der Waals surface area contributed by atoms with E-state index in [1.165, 1.54) is 5.56 Å². The fourth-order valence-electron chi connectivity index (χ4n) is 2.55. The molecule has 0 aliphatic carbocycles. The number of nitrogens with one attached hydrogen (secondary N) is 1. The quantitative estimate of drug-likeness (QED) is 0.869. The Hall–Kier alpha value is -0.840. The first kappa shape index (κ1) is 15.5. The normalized spacial score (nSPS) is 20.8. The predicted octanol–water partition coefficient (Wildman–Crippen LogP) is 2.70. The van der Waals surface area contributed by atoms with Gasteiger partial charge >= 0.3 is 0 Å². The molecule has 1 aliphatic heterocycles. The third-order valence-corrected chi connectivity index (χ3v) is 3.83. The standard InChI is InChI=1S/C16H28N2O2/c1-5-15-10-18(6-7-19-15)11-16-8-14(13(4)20-16)9-17-12(2)3/h8,12,15,17H,5-7,9-11H2,1-4H3. The van der Waals surface area contributed by atoms with Crippen molar-refractivity contribution >= 4 is 0 Å². The van der Waals surface area contributed by atoms with E-state index in [1.54, 1.807) is 0 Å². The molecule has 1 fully saturated rings. The van der Waals surface area contributed by atoms with Gasteiger partial charge in [0.05, 0.1) is 19.3 Å². The maximum Gasteiger partial charge on any atom is 0.118 e.